The zero-order valence-electron chi connectivity index (χ0n) is 9.41. The highest BCUT2D eigenvalue weighted by atomic mass is 127. The van der Waals surface area contributed by atoms with Crippen LogP contribution < -0.4 is 16.1 Å². The molecule has 4 heteroatoms. The van der Waals surface area contributed by atoms with E-state index in [2.05, 4.69) is 57.9 Å². The van der Waals surface area contributed by atoms with Gasteiger partial charge in [0.05, 0.1) is 0 Å². The number of nitrogens with one attached hydrogen (secondary N) is 1. The summed E-state index contributed by atoms with van der Waals surface area (Å²) < 4.78 is 1.26. The summed E-state index contributed by atoms with van der Waals surface area (Å²) >= 11 is 2.32. The van der Waals surface area contributed by atoms with E-state index >= 15 is 0 Å². The predicted molar refractivity (Wildman–Crippen MR) is 78.4 cm³/mol. The molecule has 0 spiro atoms. The SMILES string of the molecule is Cc1cc(Nc2ccc(ON)cc2)ccc1I. The summed E-state index contributed by atoms with van der Waals surface area (Å²) in [7, 11) is 0. The first-order chi connectivity index (χ1) is 8.19. The molecule has 0 bridgehead atoms. The van der Waals surface area contributed by atoms with Crippen LogP contribution in [0.25, 0.3) is 0 Å². The standard InChI is InChI=1S/C13H13IN2O/c1-9-8-11(4-7-13(9)14)16-10-2-5-12(17-15)6-3-10/h2-8,16H,15H2,1H3. The number of rotatable bonds is 3. The number of halogens is 1. The van der Waals surface area contributed by atoms with Gasteiger partial charge in [0.15, 0.2) is 0 Å². The molecule has 88 valence electrons. The molecule has 0 heterocycles. The second-order valence-corrected chi connectivity index (χ2v) is 4.89. The Labute approximate surface area is 114 Å². The average molecular weight is 340 g/mol. The summed E-state index contributed by atoms with van der Waals surface area (Å²) in [6.45, 7) is 2.10. The Hall–Kier alpha value is -1.27. The van der Waals surface area contributed by atoms with E-state index in [0.717, 1.165) is 11.4 Å². The first-order valence-corrected chi connectivity index (χ1v) is 6.27. The first kappa shape index (κ1) is 12.2. The Bertz CT molecular complexity index is 511. The van der Waals surface area contributed by atoms with Crippen molar-refractivity contribution in [1.82, 2.24) is 0 Å². The van der Waals surface area contributed by atoms with E-state index in [9.17, 15) is 0 Å². The number of aryl methyl sites for hydroxylation is 1. The van der Waals surface area contributed by atoms with E-state index in [0.29, 0.717) is 5.75 Å². The van der Waals surface area contributed by atoms with Gasteiger partial charge in [0.25, 0.3) is 0 Å². The van der Waals surface area contributed by atoms with Gasteiger partial charge in [-0.1, -0.05) is 0 Å². The molecule has 2 aromatic carbocycles. The third-order valence-electron chi connectivity index (χ3n) is 2.44. The van der Waals surface area contributed by atoms with Crippen molar-refractivity contribution in [2.45, 2.75) is 6.92 Å². The molecule has 0 aliphatic rings. The molecule has 0 radical (unpaired) electrons. The van der Waals surface area contributed by atoms with Crippen LogP contribution in [0.2, 0.25) is 0 Å². The van der Waals surface area contributed by atoms with Crippen molar-refractivity contribution in [3.63, 3.8) is 0 Å². The quantitative estimate of drug-likeness (QED) is 0.663. The van der Waals surface area contributed by atoms with Gasteiger partial charge in [0.1, 0.15) is 5.75 Å². The van der Waals surface area contributed by atoms with E-state index in [-0.39, 0.29) is 0 Å². The van der Waals surface area contributed by atoms with Crippen molar-refractivity contribution in [3.05, 3.63) is 51.6 Å². The fourth-order valence-electron chi connectivity index (χ4n) is 1.51. The zero-order valence-corrected chi connectivity index (χ0v) is 11.6. The van der Waals surface area contributed by atoms with E-state index in [4.69, 9.17) is 5.90 Å². The Kier molecular flexibility index (Phi) is 3.86. The summed E-state index contributed by atoms with van der Waals surface area (Å²) in [5.74, 6) is 5.72. The molecule has 0 unspecified atom stereocenters. The van der Waals surface area contributed by atoms with Gasteiger partial charge in [-0.25, -0.2) is 0 Å². The Balaban J connectivity index is 2.16. The summed E-state index contributed by atoms with van der Waals surface area (Å²) in [6.07, 6.45) is 0. The molecule has 0 aliphatic carbocycles. The van der Waals surface area contributed by atoms with E-state index in [1.807, 2.05) is 24.3 Å². The van der Waals surface area contributed by atoms with Gasteiger partial charge in [-0.2, -0.15) is 5.90 Å². The van der Waals surface area contributed by atoms with Gasteiger partial charge in [0, 0.05) is 14.9 Å². The van der Waals surface area contributed by atoms with Crippen molar-refractivity contribution in [2.75, 3.05) is 5.32 Å². The largest absolute Gasteiger partial charge is 0.412 e. The first-order valence-electron chi connectivity index (χ1n) is 5.19. The lowest BCUT2D eigenvalue weighted by Gasteiger charge is -2.08. The molecular formula is C13H13IN2O. The number of anilines is 2. The molecular weight excluding hydrogens is 327 g/mol. The van der Waals surface area contributed by atoms with Crippen LogP contribution >= 0.6 is 22.6 Å². The van der Waals surface area contributed by atoms with E-state index in [1.165, 1.54) is 9.13 Å². The second kappa shape index (κ2) is 5.37. The van der Waals surface area contributed by atoms with Gasteiger partial charge in [0.2, 0.25) is 0 Å². The van der Waals surface area contributed by atoms with Gasteiger partial charge < -0.3 is 10.2 Å². The molecule has 0 saturated heterocycles. The van der Waals surface area contributed by atoms with Crippen molar-refractivity contribution in [3.8, 4) is 5.75 Å². The summed E-state index contributed by atoms with van der Waals surface area (Å²) in [5, 5.41) is 3.32. The maximum Gasteiger partial charge on any atom is 0.146 e. The third kappa shape index (κ3) is 3.10. The van der Waals surface area contributed by atoms with Crippen LogP contribution in [-0.2, 0) is 0 Å². The van der Waals surface area contributed by atoms with Crippen molar-refractivity contribution >= 4 is 34.0 Å². The van der Waals surface area contributed by atoms with Crippen LogP contribution in [0.5, 0.6) is 5.75 Å². The minimum absolute atomic E-state index is 0.648. The fraction of sp³-hybridized carbons (Fsp3) is 0.0769. The Morgan fingerprint density at radius 2 is 1.71 bits per heavy atom. The number of hydrogen-bond acceptors (Lipinski definition) is 3. The zero-order chi connectivity index (χ0) is 12.3. The topological polar surface area (TPSA) is 47.3 Å². The number of benzene rings is 2. The van der Waals surface area contributed by atoms with Crippen molar-refractivity contribution in [2.24, 2.45) is 5.90 Å². The third-order valence-corrected chi connectivity index (χ3v) is 3.65. The highest BCUT2D eigenvalue weighted by Crippen LogP contribution is 2.22. The molecule has 0 saturated carbocycles. The molecule has 0 aromatic heterocycles. The molecule has 0 fully saturated rings. The average Bonchev–Trinajstić information content (AvgIpc) is 2.35. The smallest absolute Gasteiger partial charge is 0.146 e. The summed E-state index contributed by atoms with van der Waals surface area (Å²) in [6, 6.07) is 13.8. The highest BCUT2D eigenvalue weighted by molar-refractivity contribution is 14.1. The van der Waals surface area contributed by atoms with Crippen LogP contribution in [-0.4, -0.2) is 0 Å². The van der Waals surface area contributed by atoms with Crippen LogP contribution in [0.3, 0.4) is 0 Å². The van der Waals surface area contributed by atoms with E-state index in [1.54, 1.807) is 0 Å². The summed E-state index contributed by atoms with van der Waals surface area (Å²) in [5.41, 5.74) is 3.34. The molecule has 0 amide bonds. The van der Waals surface area contributed by atoms with E-state index < -0.39 is 0 Å². The lowest BCUT2D eigenvalue weighted by atomic mass is 10.2. The van der Waals surface area contributed by atoms with Crippen LogP contribution in [0.1, 0.15) is 5.56 Å². The maximum absolute atomic E-state index is 5.07. The lowest BCUT2D eigenvalue weighted by Crippen LogP contribution is -2.01. The molecule has 3 N–H and O–H groups in total. The fourth-order valence-corrected chi connectivity index (χ4v) is 1.84. The minimum Gasteiger partial charge on any atom is -0.412 e. The molecule has 3 nitrogen and oxygen atoms in total. The highest BCUT2D eigenvalue weighted by Gasteiger charge is 1.98. The minimum atomic E-state index is 0.648. The lowest BCUT2D eigenvalue weighted by molar-refractivity contribution is 0.334. The molecule has 2 aromatic rings. The van der Waals surface area contributed by atoms with Crippen molar-refractivity contribution in [1.29, 1.82) is 0 Å². The summed E-state index contributed by atoms with van der Waals surface area (Å²) in [4.78, 5) is 4.63. The molecule has 0 aliphatic heterocycles. The monoisotopic (exact) mass is 340 g/mol. The number of hydrogen-bond donors (Lipinski definition) is 2. The Morgan fingerprint density at radius 1 is 1.06 bits per heavy atom. The van der Waals surface area contributed by atoms with Gasteiger partial charge in [-0.15, -0.1) is 0 Å². The van der Waals surface area contributed by atoms with Crippen LogP contribution in [0.4, 0.5) is 11.4 Å². The number of nitrogens with two attached hydrogens (primary N) is 1. The van der Waals surface area contributed by atoms with Crippen LogP contribution in [0.15, 0.2) is 42.5 Å². The maximum atomic E-state index is 5.07. The molecule has 17 heavy (non-hydrogen) atoms. The molecule has 2 rings (SSSR count). The Morgan fingerprint density at radius 3 is 2.29 bits per heavy atom. The van der Waals surface area contributed by atoms with Crippen molar-refractivity contribution < 1.29 is 4.84 Å². The van der Waals surface area contributed by atoms with Gasteiger partial charge >= 0.3 is 0 Å². The van der Waals surface area contributed by atoms with Gasteiger partial charge in [-0.3, -0.25) is 0 Å². The predicted octanol–water partition coefficient (Wildman–Crippen LogP) is 3.60. The molecule has 0 atom stereocenters. The van der Waals surface area contributed by atoms with Crippen LogP contribution in [0, 0.1) is 10.5 Å². The normalized spacial score (nSPS) is 10.1. The van der Waals surface area contributed by atoms with Gasteiger partial charge in [-0.05, 0) is 77.5 Å². The second-order valence-electron chi connectivity index (χ2n) is 3.73.